The third-order valence-corrected chi connectivity index (χ3v) is 2.19. The zero-order valence-electron chi connectivity index (χ0n) is 8.37. The molecular weight excluding hydrogens is 196 g/mol. The summed E-state index contributed by atoms with van der Waals surface area (Å²) in [5.74, 6) is 0. The van der Waals surface area contributed by atoms with Crippen LogP contribution >= 0.6 is 11.6 Å². The van der Waals surface area contributed by atoms with Gasteiger partial charge < -0.3 is 4.57 Å². The number of imidazole rings is 1. The van der Waals surface area contributed by atoms with E-state index < -0.39 is 0 Å². The van der Waals surface area contributed by atoms with Crippen molar-refractivity contribution in [3.05, 3.63) is 30.6 Å². The van der Waals surface area contributed by atoms with Gasteiger partial charge in [0.05, 0.1) is 22.2 Å². The van der Waals surface area contributed by atoms with Gasteiger partial charge in [0.15, 0.2) is 0 Å². The number of hydrogen-bond acceptors (Lipinski definition) is 1. The Morgan fingerprint density at radius 1 is 1.36 bits per heavy atom. The van der Waals surface area contributed by atoms with Crippen molar-refractivity contribution in [1.29, 1.82) is 0 Å². The highest BCUT2D eigenvalue weighted by Gasteiger charge is 2.15. The molecule has 1 aromatic heterocycles. The SMILES string of the molecule is CC(C)(Cl)Cn1cnc2ccccc21. The monoisotopic (exact) mass is 208 g/mol. The van der Waals surface area contributed by atoms with Gasteiger partial charge in [0, 0.05) is 6.54 Å². The van der Waals surface area contributed by atoms with Gasteiger partial charge in [-0.1, -0.05) is 12.1 Å². The highest BCUT2D eigenvalue weighted by atomic mass is 35.5. The molecule has 0 amide bonds. The lowest BCUT2D eigenvalue weighted by molar-refractivity contribution is 0.568. The van der Waals surface area contributed by atoms with Gasteiger partial charge in [-0.3, -0.25) is 0 Å². The number of aromatic nitrogens is 2. The van der Waals surface area contributed by atoms with Crippen molar-refractivity contribution in [3.63, 3.8) is 0 Å². The van der Waals surface area contributed by atoms with Crippen LogP contribution in [-0.2, 0) is 6.54 Å². The van der Waals surface area contributed by atoms with E-state index in [0.717, 1.165) is 17.6 Å². The van der Waals surface area contributed by atoms with Crippen molar-refractivity contribution in [2.45, 2.75) is 25.3 Å². The number of benzene rings is 1. The Morgan fingerprint density at radius 3 is 2.79 bits per heavy atom. The van der Waals surface area contributed by atoms with Crippen LogP contribution in [0.1, 0.15) is 13.8 Å². The quantitative estimate of drug-likeness (QED) is 0.694. The average molecular weight is 209 g/mol. The molecule has 2 nitrogen and oxygen atoms in total. The molecule has 0 radical (unpaired) electrons. The lowest BCUT2D eigenvalue weighted by Crippen LogP contribution is -2.18. The Balaban J connectivity index is 2.44. The second-order valence-corrected chi connectivity index (χ2v) is 5.10. The van der Waals surface area contributed by atoms with Crippen molar-refractivity contribution in [2.75, 3.05) is 0 Å². The van der Waals surface area contributed by atoms with E-state index in [1.807, 2.05) is 38.4 Å². The maximum atomic E-state index is 6.18. The average Bonchev–Trinajstić information content (AvgIpc) is 2.47. The van der Waals surface area contributed by atoms with Gasteiger partial charge in [0.1, 0.15) is 0 Å². The molecule has 1 aromatic carbocycles. The fourth-order valence-electron chi connectivity index (χ4n) is 1.54. The van der Waals surface area contributed by atoms with Crippen molar-refractivity contribution >= 4 is 22.6 Å². The maximum Gasteiger partial charge on any atom is 0.0958 e. The van der Waals surface area contributed by atoms with E-state index in [9.17, 15) is 0 Å². The molecule has 0 aliphatic heterocycles. The van der Waals surface area contributed by atoms with Crippen LogP contribution in [0.3, 0.4) is 0 Å². The molecule has 1 heterocycles. The minimum absolute atomic E-state index is 0.233. The van der Waals surface area contributed by atoms with Gasteiger partial charge in [-0.25, -0.2) is 4.98 Å². The molecule has 3 heteroatoms. The summed E-state index contributed by atoms with van der Waals surface area (Å²) in [4.78, 5) is 4.07. The molecule has 0 atom stereocenters. The van der Waals surface area contributed by atoms with Crippen LogP contribution in [0.25, 0.3) is 11.0 Å². The van der Waals surface area contributed by atoms with E-state index in [2.05, 4.69) is 15.6 Å². The third-order valence-electron chi connectivity index (χ3n) is 2.07. The molecular formula is C11H13ClN2. The van der Waals surface area contributed by atoms with Crippen LogP contribution in [0.15, 0.2) is 30.6 Å². The standard InChI is InChI=1S/C11H13ClN2/c1-11(2,12)7-14-8-13-9-5-3-4-6-10(9)14/h3-6,8H,7H2,1-2H3. The zero-order valence-corrected chi connectivity index (χ0v) is 9.12. The Hall–Kier alpha value is -1.02. The summed E-state index contributed by atoms with van der Waals surface area (Å²) in [7, 11) is 0. The molecule has 0 bridgehead atoms. The molecule has 0 unspecified atom stereocenters. The predicted octanol–water partition coefficient (Wildman–Crippen LogP) is 3.05. The Kier molecular flexibility index (Phi) is 2.23. The number of alkyl halides is 1. The fourth-order valence-corrected chi connectivity index (χ4v) is 1.67. The van der Waals surface area contributed by atoms with Crippen LogP contribution < -0.4 is 0 Å². The van der Waals surface area contributed by atoms with E-state index >= 15 is 0 Å². The summed E-state index contributed by atoms with van der Waals surface area (Å²) in [5.41, 5.74) is 2.16. The van der Waals surface area contributed by atoms with Crippen molar-refractivity contribution in [1.82, 2.24) is 9.55 Å². The molecule has 2 aromatic rings. The molecule has 2 rings (SSSR count). The summed E-state index contributed by atoms with van der Waals surface area (Å²) < 4.78 is 2.09. The molecule has 0 N–H and O–H groups in total. The molecule has 0 saturated carbocycles. The van der Waals surface area contributed by atoms with E-state index in [1.165, 1.54) is 0 Å². The smallest absolute Gasteiger partial charge is 0.0958 e. The summed E-state index contributed by atoms with van der Waals surface area (Å²) in [6.45, 7) is 4.78. The Labute approximate surface area is 88.5 Å². The first kappa shape index (κ1) is 9.53. The minimum atomic E-state index is -0.233. The molecule has 0 saturated heterocycles. The van der Waals surface area contributed by atoms with Gasteiger partial charge in [0.2, 0.25) is 0 Å². The van der Waals surface area contributed by atoms with Crippen LogP contribution in [0, 0.1) is 0 Å². The number of halogens is 1. The van der Waals surface area contributed by atoms with Gasteiger partial charge >= 0.3 is 0 Å². The highest BCUT2D eigenvalue weighted by Crippen LogP contribution is 2.19. The Morgan fingerprint density at radius 2 is 2.07 bits per heavy atom. The van der Waals surface area contributed by atoms with Gasteiger partial charge in [-0.05, 0) is 26.0 Å². The van der Waals surface area contributed by atoms with Gasteiger partial charge in [-0.15, -0.1) is 11.6 Å². The van der Waals surface area contributed by atoms with E-state index in [0.29, 0.717) is 0 Å². The van der Waals surface area contributed by atoms with Gasteiger partial charge in [0.25, 0.3) is 0 Å². The number of nitrogens with zero attached hydrogens (tertiary/aromatic N) is 2. The third kappa shape index (κ3) is 1.90. The first-order valence-electron chi connectivity index (χ1n) is 4.65. The topological polar surface area (TPSA) is 17.8 Å². The van der Waals surface area contributed by atoms with Crippen LogP contribution in [0.4, 0.5) is 0 Å². The summed E-state index contributed by atoms with van der Waals surface area (Å²) in [5, 5.41) is 0. The minimum Gasteiger partial charge on any atom is -0.329 e. The second-order valence-electron chi connectivity index (χ2n) is 4.08. The lowest BCUT2D eigenvalue weighted by atomic mass is 10.2. The molecule has 0 aliphatic carbocycles. The fraction of sp³-hybridized carbons (Fsp3) is 0.364. The van der Waals surface area contributed by atoms with E-state index in [4.69, 9.17) is 11.6 Å². The predicted molar refractivity (Wildman–Crippen MR) is 59.7 cm³/mol. The van der Waals surface area contributed by atoms with Gasteiger partial charge in [-0.2, -0.15) is 0 Å². The molecule has 0 fully saturated rings. The largest absolute Gasteiger partial charge is 0.329 e. The van der Waals surface area contributed by atoms with Crippen molar-refractivity contribution in [3.8, 4) is 0 Å². The molecule has 0 spiro atoms. The zero-order chi connectivity index (χ0) is 10.2. The maximum absolute atomic E-state index is 6.18. The van der Waals surface area contributed by atoms with Crippen LogP contribution in [0.5, 0.6) is 0 Å². The van der Waals surface area contributed by atoms with Crippen LogP contribution in [0.2, 0.25) is 0 Å². The number of rotatable bonds is 2. The summed E-state index contributed by atoms with van der Waals surface area (Å²) in [6.07, 6.45) is 1.84. The first-order valence-corrected chi connectivity index (χ1v) is 5.03. The first-order chi connectivity index (χ1) is 6.56. The van der Waals surface area contributed by atoms with E-state index in [1.54, 1.807) is 0 Å². The number of para-hydroxylation sites is 2. The van der Waals surface area contributed by atoms with Crippen LogP contribution in [-0.4, -0.2) is 14.4 Å². The summed E-state index contributed by atoms with van der Waals surface area (Å²) >= 11 is 6.18. The van der Waals surface area contributed by atoms with Crippen molar-refractivity contribution in [2.24, 2.45) is 0 Å². The van der Waals surface area contributed by atoms with Crippen molar-refractivity contribution < 1.29 is 0 Å². The second kappa shape index (κ2) is 3.28. The Bertz CT molecular complexity index is 440. The number of fused-ring (bicyclic) bond motifs is 1. The molecule has 74 valence electrons. The van der Waals surface area contributed by atoms with E-state index in [-0.39, 0.29) is 4.87 Å². The summed E-state index contributed by atoms with van der Waals surface area (Å²) in [6, 6.07) is 8.07. The highest BCUT2D eigenvalue weighted by molar-refractivity contribution is 6.23. The molecule has 0 aliphatic rings. The molecule has 14 heavy (non-hydrogen) atoms. The lowest BCUT2D eigenvalue weighted by Gasteiger charge is -2.16. The normalized spacial score (nSPS) is 12.2. The number of hydrogen-bond donors (Lipinski definition) is 0.